The van der Waals surface area contributed by atoms with Gasteiger partial charge in [0, 0.05) is 13.0 Å². The second-order valence-corrected chi connectivity index (χ2v) is 4.01. The molecule has 3 nitrogen and oxygen atoms in total. The quantitative estimate of drug-likeness (QED) is 0.654. The lowest BCUT2D eigenvalue weighted by Gasteiger charge is -2.28. The molecule has 0 spiro atoms. The van der Waals surface area contributed by atoms with E-state index in [2.05, 4.69) is 17.8 Å². The van der Waals surface area contributed by atoms with Crippen molar-refractivity contribution >= 4 is 5.91 Å². The number of carbonyl (C=O) groups is 1. The van der Waals surface area contributed by atoms with Gasteiger partial charge in [-0.05, 0) is 25.7 Å². The van der Waals surface area contributed by atoms with Crippen LogP contribution in [-0.4, -0.2) is 11.9 Å². The summed E-state index contributed by atoms with van der Waals surface area (Å²) in [5, 5.41) is 0. The highest BCUT2D eigenvalue weighted by Crippen LogP contribution is 2.25. The van der Waals surface area contributed by atoms with Gasteiger partial charge in [-0.15, -0.1) is 0 Å². The summed E-state index contributed by atoms with van der Waals surface area (Å²) in [6.45, 7) is 3.67. The summed E-state index contributed by atoms with van der Waals surface area (Å²) >= 11 is 0. The topological polar surface area (TPSA) is 41.1 Å². The molecule has 0 aromatic heterocycles. The first-order valence-corrected chi connectivity index (χ1v) is 5.22. The van der Waals surface area contributed by atoms with Crippen LogP contribution in [0.3, 0.4) is 0 Å². The maximum Gasteiger partial charge on any atom is 0.230 e. The molecule has 0 aromatic carbocycles. The average molecular weight is 184 g/mol. The van der Waals surface area contributed by atoms with Crippen LogP contribution in [0.2, 0.25) is 0 Å². The summed E-state index contributed by atoms with van der Waals surface area (Å²) in [7, 11) is 0. The number of nitrogens with one attached hydrogen (secondary N) is 2. The Morgan fingerprint density at radius 1 is 1.31 bits per heavy atom. The van der Waals surface area contributed by atoms with E-state index >= 15 is 0 Å². The van der Waals surface area contributed by atoms with E-state index in [4.69, 9.17) is 0 Å². The van der Waals surface area contributed by atoms with Crippen LogP contribution in [0.15, 0.2) is 0 Å². The zero-order chi connectivity index (χ0) is 9.68. The normalized spacial score (nSPS) is 21.1. The third-order valence-corrected chi connectivity index (χ3v) is 2.83. The van der Waals surface area contributed by atoms with Crippen LogP contribution in [0.25, 0.3) is 0 Å². The maximum atomic E-state index is 10.7. The van der Waals surface area contributed by atoms with Crippen LogP contribution >= 0.6 is 0 Å². The molecule has 2 N–H and O–H groups in total. The number of amides is 1. The van der Waals surface area contributed by atoms with Crippen molar-refractivity contribution in [3.05, 3.63) is 0 Å². The van der Waals surface area contributed by atoms with E-state index in [-0.39, 0.29) is 5.91 Å². The first-order chi connectivity index (χ1) is 6.20. The van der Waals surface area contributed by atoms with Crippen molar-refractivity contribution in [3.8, 4) is 0 Å². The summed E-state index contributed by atoms with van der Waals surface area (Å²) in [5.74, 6) is 0.725. The molecule has 0 saturated heterocycles. The van der Waals surface area contributed by atoms with Gasteiger partial charge in [-0.2, -0.15) is 0 Å². The fourth-order valence-electron chi connectivity index (χ4n) is 1.97. The molecule has 0 aromatic rings. The Hall–Kier alpha value is -0.570. The van der Waals surface area contributed by atoms with E-state index in [1.807, 2.05) is 0 Å². The van der Waals surface area contributed by atoms with Gasteiger partial charge in [0.2, 0.25) is 5.91 Å². The van der Waals surface area contributed by atoms with Gasteiger partial charge in [-0.1, -0.05) is 19.3 Å². The lowest BCUT2D eigenvalue weighted by molar-refractivity contribution is -0.120. The number of hydrogen-bond donors (Lipinski definition) is 2. The second kappa shape index (κ2) is 5.22. The van der Waals surface area contributed by atoms with Crippen LogP contribution in [-0.2, 0) is 4.79 Å². The minimum atomic E-state index is -0.0114. The van der Waals surface area contributed by atoms with Gasteiger partial charge in [-0.25, -0.2) is 5.43 Å². The number of hydrogen-bond acceptors (Lipinski definition) is 2. The largest absolute Gasteiger partial charge is 0.292 e. The minimum Gasteiger partial charge on any atom is -0.292 e. The molecule has 1 fully saturated rings. The van der Waals surface area contributed by atoms with E-state index in [0.717, 1.165) is 5.92 Å². The van der Waals surface area contributed by atoms with E-state index in [0.29, 0.717) is 6.04 Å². The lowest BCUT2D eigenvalue weighted by atomic mass is 9.85. The molecule has 1 atom stereocenters. The van der Waals surface area contributed by atoms with Crippen molar-refractivity contribution in [2.45, 2.75) is 52.0 Å². The Bertz CT molecular complexity index is 164. The first-order valence-electron chi connectivity index (χ1n) is 5.22. The third kappa shape index (κ3) is 3.77. The van der Waals surface area contributed by atoms with Gasteiger partial charge in [0.25, 0.3) is 0 Å². The molecule has 1 rings (SSSR count). The van der Waals surface area contributed by atoms with Gasteiger partial charge in [-0.3, -0.25) is 10.2 Å². The van der Waals surface area contributed by atoms with Crippen molar-refractivity contribution < 1.29 is 4.79 Å². The molecular formula is C10H20N2O. The Balaban J connectivity index is 2.20. The van der Waals surface area contributed by atoms with Crippen LogP contribution in [0.4, 0.5) is 0 Å². The van der Waals surface area contributed by atoms with Crippen LogP contribution < -0.4 is 10.9 Å². The van der Waals surface area contributed by atoms with Gasteiger partial charge in [0.15, 0.2) is 0 Å². The van der Waals surface area contributed by atoms with Gasteiger partial charge < -0.3 is 0 Å². The number of carbonyl (C=O) groups excluding carboxylic acids is 1. The number of rotatable bonds is 3. The molecule has 0 radical (unpaired) electrons. The molecule has 1 unspecified atom stereocenters. The average Bonchev–Trinajstić information content (AvgIpc) is 2.15. The van der Waals surface area contributed by atoms with E-state index in [9.17, 15) is 4.79 Å². The van der Waals surface area contributed by atoms with E-state index in [1.54, 1.807) is 0 Å². The zero-order valence-electron chi connectivity index (χ0n) is 8.60. The van der Waals surface area contributed by atoms with Crippen LogP contribution in [0, 0.1) is 5.92 Å². The molecule has 1 amide bonds. The highest BCUT2D eigenvalue weighted by atomic mass is 16.2. The molecule has 13 heavy (non-hydrogen) atoms. The molecule has 0 heterocycles. The molecule has 1 aliphatic rings. The second-order valence-electron chi connectivity index (χ2n) is 4.01. The molecule has 76 valence electrons. The SMILES string of the molecule is CC(=O)NNC(C)C1CCCCC1. The van der Waals surface area contributed by atoms with Crippen molar-refractivity contribution in [2.24, 2.45) is 5.92 Å². The predicted molar refractivity (Wildman–Crippen MR) is 53.0 cm³/mol. The molecule has 0 bridgehead atoms. The van der Waals surface area contributed by atoms with Gasteiger partial charge >= 0.3 is 0 Å². The number of hydrazine groups is 1. The summed E-state index contributed by atoms with van der Waals surface area (Å²) in [6.07, 6.45) is 6.67. The Kier molecular flexibility index (Phi) is 4.22. The predicted octanol–water partition coefficient (Wildman–Crippen LogP) is 1.60. The summed E-state index contributed by atoms with van der Waals surface area (Å²) < 4.78 is 0. The minimum absolute atomic E-state index is 0.0114. The molecule has 1 saturated carbocycles. The molecule has 1 aliphatic carbocycles. The highest BCUT2D eigenvalue weighted by Gasteiger charge is 2.19. The van der Waals surface area contributed by atoms with Crippen molar-refractivity contribution in [1.82, 2.24) is 10.9 Å². The third-order valence-electron chi connectivity index (χ3n) is 2.83. The fraction of sp³-hybridized carbons (Fsp3) is 0.900. The smallest absolute Gasteiger partial charge is 0.230 e. The zero-order valence-corrected chi connectivity index (χ0v) is 8.60. The Morgan fingerprint density at radius 2 is 1.92 bits per heavy atom. The molecular weight excluding hydrogens is 164 g/mol. The summed E-state index contributed by atoms with van der Waals surface area (Å²) in [5.41, 5.74) is 5.71. The monoisotopic (exact) mass is 184 g/mol. The fourth-order valence-corrected chi connectivity index (χ4v) is 1.97. The lowest BCUT2D eigenvalue weighted by Crippen LogP contribution is -2.45. The van der Waals surface area contributed by atoms with E-state index in [1.165, 1.54) is 39.0 Å². The summed E-state index contributed by atoms with van der Waals surface area (Å²) in [4.78, 5) is 10.7. The molecule has 3 heteroatoms. The van der Waals surface area contributed by atoms with Crippen LogP contribution in [0.5, 0.6) is 0 Å². The van der Waals surface area contributed by atoms with Crippen molar-refractivity contribution in [3.63, 3.8) is 0 Å². The Labute approximate surface area is 80.2 Å². The maximum absolute atomic E-state index is 10.7. The van der Waals surface area contributed by atoms with Gasteiger partial charge in [0.1, 0.15) is 0 Å². The summed E-state index contributed by atoms with van der Waals surface area (Å²) in [6, 6.07) is 0.407. The van der Waals surface area contributed by atoms with E-state index < -0.39 is 0 Å². The standard InChI is InChI=1S/C10H20N2O/c1-8(11-12-9(2)13)10-6-4-3-5-7-10/h8,10-11H,3-7H2,1-2H3,(H,12,13). The van der Waals surface area contributed by atoms with Crippen LogP contribution in [0.1, 0.15) is 46.0 Å². The van der Waals surface area contributed by atoms with Crippen molar-refractivity contribution in [2.75, 3.05) is 0 Å². The Morgan fingerprint density at radius 3 is 2.46 bits per heavy atom. The molecule has 0 aliphatic heterocycles. The first kappa shape index (κ1) is 10.5. The van der Waals surface area contributed by atoms with Gasteiger partial charge in [0.05, 0.1) is 0 Å². The highest BCUT2D eigenvalue weighted by molar-refractivity contribution is 5.72. The van der Waals surface area contributed by atoms with Crippen molar-refractivity contribution in [1.29, 1.82) is 0 Å².